The summed E-state index contributed by atoms with van der Waals surface area (Å²) < 4.78 is 54.9. The third-order valence-electron chi connectivity index (χ3n) is 0.399. The van der Waals surface area contributed by atoms with Gasteiger partial charge in [-0.2, -0.15) is 16.8 Å². The molecule has 0 aromatic heterocycles. The summed E-state index contributed by atoms with van der Waals surface area (Å²) in [4.78, 5) is 0. The van der Waals surface area contributed by atoms with Gasteiger partial charge in [0, 0.05) is 0 Å². The molecule has 0 spiro atoms. The van der Waals surface area contributed by atoms with Crippen molar-refractivity contribution in [3.05, 3.63) is 10.8 Å². The van der Waals surface area contributed by atoms with Gasteiger partial charge in [0.2, 0.25) is 0 Å². The number of hydrogen-bond acceptors (Lipinski definition) is 5. The Balaban J connectivity index is 0. The fourth-order valence-corrected chi connectivity index (χ4v) is 1.26. The second-order valence-corrected chi connectivity index (χ2v) is 3.91. The molecule has 0 saturated heterocycles. The molecule has 0 fully saturated rings. The van der Waals surface area contributed by atoms with Gasteiger partial charge in [0.1, 0.15) is 0 Å². The van der Waals surface area contributed by atoms with Crippen LogP contribution >= 0.6 is 0 Å². The predicted octanol–water partition coefficient (Wildman–Crippen LogP) is -0.605. The minimum atomic E-state index is -4.48. The van der Waals surface area contributed by atoms with E-state index in [4.69, 9.17) is 9.11 Å². The van der Waals surface area contributed by atoms with Crippen molar-refractivity contribution >= 4 is 20.2 Å². The standard InChI is InChI=1S/C2H4O6S2.H3N/c3-9(4,5)1-2-10(6,7)8;/h1-2H,(H,3,4,5)(H,6,7,8);1H3. The molecule has 7 nitrogen and oxygen atoms in total. The van der Waals surface area contributed by atoms with Gasteiger partial charge in [-0.3, -0.25) is 9.11 Å². The molecule has 0 unspecified atom stereocenters. The first-order chi connectivity index (χ1) is 4.21. The lowest BCUT2D eigenvalue weighted by atomic mass is 11.3. The van der Waals surface area contributed by atoms with Crippen LogP contribution in [0.1, 0.15) is 0 Å². The van der Waals surface area contributed by atoms with Gasteiger partial charge in [0.15, 0.2) is 0 Å². The molecule has 11 heavy (non-hydrogen) atoms. The fourth-order valence-electron chi connectivity index (χ4n) is 0.140. The second kappa shape index (κ2) is 3.78. The molecular weight excluding hydrogens is 198 g/mol. The maximum absolute atomic E-state index is 9.77. The van der Waals surface area contributed by atoms with Crippen molar-refractivity contribution in [3.63, 3.8) is 0 Å². The third-order valence-corrected chi connectivity index (χ3v) is 1.53. The Bertz CT molecular complexity index is 288. The average Bonchev–Trinajstić information content (AvgIpc) is 1.57. The topological polar surface area (TPSA) is 144 Å². The summed E-state index contributed by atoms with van der Waals surface area (Å²) >= 11 is 0. The molecule has 5 N–H and O–H groups in total. The minimum absolute atomic E-state index is 0. The van der Waals surface area contributed by atoms with Gasteiger partial charge in [-0.1, -0.05) is 0 Å². The van der Waals surface area contributed by atoms with Gasteiger partial charge in [-0.25, -0.2) is 0 Å². The van der Waals surface area contributed by atoms with Crippen molar-refractivity contribution in [1.82, 2.24) is 6.15 Å². The molecule has 0 amide bonds. The van der Waals surface area contributed by atoms with Gasteiger partial charge in [0.25, 0.3) is 20.2 Å². The van der Waals surface area contributed by atoms with Crippen molar-refractivity contribution in [2.75, 3.05) is 0 Å². The van der Waals surface area contributed by atoms with Crippen LogP contribution in [0.25, 0.3) is 0 Å². The fraction of sp³-hybridized carbons (Fsp3) is 0. The van der Waals surface area contributed by atoms with Crippen molar-refractivity contribution in [1.29, 1.82) is 0 Å². The molecule has 0 aliphatic carbocycles. The maximum atomic E-state index is 9.77. The monoisotopic (exact) mass is 205 g/mol. The summed E-state index contributed by atoms with van der Waals surface area (Å²) in [6.07, 6.45) is 0. The van der Waals surface area contributed by atoms with Crippen LogP contribution in [-0.2, 0) is 20.2 Å². The summed E-state index contributed by atoms with van der Waals surface area (Å²) in [6.45, 7) is 0. The largest absolute Gasteiger partial charge is 0.344 e. The smallest absolute Gasteiger partial charge is 0.288 e. The van der Waals surface area contributed by atoms with E-state index in [9.17, 15) is 16.8 Å². The van der Waals surface area contributed by atoms with Gasteiger partial charge in [-0.05, 0) is 0 Å². The van der Waals surface area contributed by atoms with E-state index in [2.05, 4.69) is 0 Å². The zero-order valence-corrected chi connectivity index (χ0v) is 6.84. The zero-order valence-electron chi connectivity index (χ0n) is 5.21. The summed E-state index contributed by atoms with van der Waals surface area (Å²) in [5.74, 6) is 0. The number of rotatable bonds is 2. The first-order valence-corrected chi connectivity index (χ1v) is 4.84. The van der Waals surface area contributed by atoms with Crippen LogP contribution < -0.4 is 6.15 Å². The highest BCUT2D eigenvalue weighted by atomic mass is 32.2. The van der Waals surface area contributed by atoms with E-state index in [1.54, 1.807) is 0 Å². The molecule has 0 aromatic carbocycles. The molecule has 9 heteroatoms. The number of hydrogen-bond donors (Lipinski definition) is 3. The zero-order chi connectivity index (χ0) is 8.41. The summed E-state index contributed by atoms with van der Waals surface area (Å²) in [5.41, 5.74) is 0. The van der Waals surface area contributed by atoms with Gasteiger partial charge < -0.3 is 6.15 Å². The summed E-state index contributed by atoms with van der Waals surface area (Å²) in [7, 11) is -8.95. The molecule has 0 rings (SSSR count). The van der Waals surface area contributed by atoms with Crippen molar-refractivity contribution in [2.45, 2.75) is 0 Å². The van der Waals surface area contributed by atoms with E-state index in [-0.39, 0.29) is 17.0 Å². The van der Waals surface area contributed by atoms with Crippen LogP contribution in [0, 0.1) is 0 Å². The Kier molecular flexibility index (Phi) is 4.51. The molecule has 68 valence electrons. The summed E-state index contributed by atoms with van der Waals surface area (Å²) in [6, 6.07) is 0. The Morgan fingerprint density at radius 1 is 0.818 bits per heavy atom. The van der Waals surface area contributed by atoms with E-state index < -0.39 is 20.2 Å². The van der Waals surface area contributed by atoms with Crippen molar-refractivity contribution in [2.24, 2.45) is 0 Å². The molecule has 0 radical (unpaired) electrons. The van der Waals surface area contributed by atoms with Crippen LogP contribution in [0.5, 0.6) is 0 Å². The van der Waals surface area contributed by atoms with E-state index >= 15 is 0 Å². The Labute approximate surface area is 63.8 Å². The van der Waals surface area contributed by atoms with E-state index in [1.807, 2.05) is 0 Å². The van der Waals surface area contributed by atoms with Gasteiger partial charge in [-0.15, -0.1) is 0 Å². The van der Waals surface area contributed by atoms with Crippen molar-refractivity contribution in [3.8, 4) is 0 Å². The van der Waals surface area contributed by atoms with E-state index in [0.29, 0.717) is 0 Å². The van der Waals surface area contributed by atoms with E-state index in [1.165, 1.54) is 0 Å². The predicted molar refractivity (Wildman–Crippen MR) is 37.3 cm³/mol. The lowest BCUT2D eigenvalue weighted by Crippen LogP contribution is -1.94. The first kappa shape index (κ1) is 13.1. The Morgan fingerprint density at radius 3 is 1.09 bits per heavy atom. The molecule has 0 saturated carbocycles. The highest BCUT2D eigenvalue weighted by molar-refractivity contribution is 7.92. The molecule has 0 aliphatic rings. The van der Waals surface area contributed by atoms with Crippen LogP contribution in [0.15, 0.2) is 10.8 Å². The molecule has 0 heterocycles. The summed E-state index contributed by atoms with van der Waals surface area (Å²) in [5, 5.41) is -0.0787. The normalized spacial score (nSPS) is 12.9. The maximum Gasteiger partial charge on any atom is 0.288 e. The highest BCUT2D eigenvalue weighted by Crippen LogP contribution is 1.89. The Hall–Kier alpha value is -0.480. The second-order valence-electron chi connectivity index (χ2n) is 1.30. The molecular formula is C2H7NO6S2. The molecule has 0 aliphatic heterocycles. The molecule has 0 aromatic rings. The first-order valence-electron chi connectivity index (χ1n) is 1.84. The quantitative estimate of drug-likeness (QED) is 0.510. The average molecular weight is 205 g/mol. The van der Waals surface area contributed by atoms with Crippen LogP contribution in [0.4, 0.5) is 0 Å². The molecule has 0 bridgehead atoms. The minimum Gasteiger partial charge on any atom is -0.344 e. The van der Waals surface area contributed by atoms with Gasteiger partial charge in [0.05, 0.1) is 10.8 Å². The third kappa shape index (κ3) is 12.7. The molecule has 0 atom stereocenters. The van der Waals surface area contributed by atoms with Crippen LogP contribution in [-0.4, -0.2) is 25.9 Å². The lowest BCUT2D eigenvalue weighted by molar-refractivity contribution is 0.488. The lowest BCUT2D eigenvalue weighted by Gasteiger charge is -1.82. The SMILES string of the molecule is N.O=S(=O)(O)C=CS(=O)(=O)O. The van der Waals surface area contributed by atoms with Crippen LogP contribution in [0.3, 0.4) is 0 Å². The highest BCUT2D eigenvalue weighted by Gasteiger charge is 2.01. The van der Waals surface area contributed by atoms with E-state index in [0.717, 1.165) is 0 Å². The van der Waals surface area contributed by atoms with Crippen molar-refractivity contribution < 1.29 is 25.9 Å². The van der Waals surface area contributed by atoms with Gasteiger partial charge >= 0.3 is 0 Å². The van der Waals surface area contributed by atoms with Crippen LogP contribution in [0.2, 0.25) is 0 Å². The Morgan fingerprint density at radius 2 is 1.00 bits per heavy atom.